The number of nitrogens with zero attached hydrogens (tertiary/aromatic N) is 1. The van der Waals surface area contributed by atoms with E-state index in [1.165, 1.54) is 17.8 Å². The Balaban J connectivity index is 3.04. The van der Waals surface area contributed by atoms with E-state index in [-0.39, 0.29) is 16.4 Å². The summed E-state index contributed by atoms with van der Waals surface area (Å²) in [5, 5.41) is 7.50. The third-order valence-corrected chi connectivity index (χ3v) is 3.25. The molecule has 1 rings (SSSR count). The molecule has 0 saturated heterocycles. The molecule has 0 aliphatic rings. The van der Waals surface area contributed by atoms with Gasteiger partial charge in [-0.25, -0.2) is 4.98 Å². The number of thioether (sulfide) groups is 1. The molecular formula is C11H14F3N3S. The van der Waals surface area contributed by atoms with E-state index in [2.05, 4.69) is 4.98 Å². The molecule has 0 radical (unpaired) electrons. The molecule has 0 aliphatic carbocycles. The Hall–Kier alpha value is -1.24. The predicted molar refractivity (Wildman–Crippen MR) is 65.9 cm³/mol. The SMILES string of the molecule is CCCCSc1nc(C(F)(F)F)ccc1C(=N)N. The second kappa shape index (κ2) is 6.08. The van der Waals surface area contributed by atoms with E-state index in [0.717, 1.165) is 18.9 Å². The highest BCUT2D eigenvalue weighted by Gasteiger charge is 2.33. The number of rotatable bonds is 5. The van der Waals surface area contributed by atoms with Gasteiger partial charge in [-0.2, -0.15) is 13.2 Å². The molecule has 18 heavy (non-hydrogen) atoms. The molecule has 0 amide bonds. The lowest BCUT2D eigenvalue weighted by Crippen LogP contribution is -2.16. The van der Waals surface area contributed by atoms with Crippen molar-refractivity contribution in [1.29, 1.82) is 5.41 Å². The summed E-state index contributed by atoms with van der Waals surface area (Å²) in [6, 6.07) is 2.05. The maximum atomic E-state index is 12.5. The van der Waals surface area contributed by atoms with Crippen LogP contribution in [0.4, 0.5) is 13.2 Å². The van der Waals surface area contributed by atoms with Crippen LogP contribution in [0.5, 0.6) is 0 Å². The predicted octanol–water partition coefficient (Wildman–Crippen LogP) is 3.28. The zero-order chi connectivity index (χ0) is 13.8. The van der Waals surface area contributed by atoms with Gasteiger partial charge < -0.3 is 5.73 Å². The maximum absolute atomic E-state index is 12.5. The summed E-state index contributed by atoms with van der Waals surface area (Å²) in [7, 11) is 0. The van der Waals surface area contributed by atoms with Crippen LogP contribution < -0.4 is 5.73 Å². The fourth-order valence-corrected chi connectivity index (χ4v) is 2.35. The Labute approximate surface area is 107 Å². The lowest BCUT2D eigenvalue weighted by Gasteiger charge is -2.11. The van der Waals surface area contributed by atoms with Gasteiger partial charge >= 0.3 is 6.18 Å². The normalized spacial score (nSPS) is 11.6. The summed E-state index contributed by atoms with van der Waals surface area (Å²) >= 11 is 1.20. The third kappa shape index (κ3) is 3.90. The van der Waals surface area contributed by atoms with E-state index in [1.54, 1.807) is 0 Å². The lowest BCUT2D eigenvalue weighted by molar-refractivity contribution is -0.141. The standard InChI is InChI=1S/C11H14F3N3S/c1-2-3-6-18-10-7(9(15)16)4-5-8(17-10)11(12,13)14/h4-5H,2-3,6H2,1H3,(H3,15,16). The molecule has 0 unspecified atom stereocenters. The van der Waals surface area contributed by atoms with Gasteiger partial charge in [-0.05, 0) is 24.3 Å². The molecule has 0 fully saturated rings. The zero-order valence-corrected chi connectivity index (χ0v) is 10.7. The third-order valence-electron chi connectivity index (χ3n) is 2.18. The van der Waals surface area contributed by atoms with E-state index in [1.807, 2.05) is 6.92 Å². The largest absolute Gasteiger partial charge is 0.433 e. The van der Waals surface area contributed by atoms with Gasteiger partial charge in [-0.15, -0.1) is 11.8 Å². The number of unbranched alkanes of at least 4 members (excludes halogenated alkanes) is 1. The molecule has 1 heterocycles. The van der Waals surface area contributed by atoms with Crippen molar-refractivity contribution in [2.45, 2.75) is 31.0 Å². The number of nitrogens with two attached hydrogens (primary N) is 1. The average Bonchev–Trinajstić information content (AvgIpc) is 2.27. The second-order valence-corrected chi connectivity index (χ2v) is 4.75. The van der Waals surface area contributed by atoms with Gasteiger partial charge in [0.15, 0.2) is 0 Å². The van der Waals surface area contributed by atoms with Crippen molar-refractivity contribution in [2.24, 2.45) is 5.73 Å². The highest BCUT2D eigenvalue weighted by molar-refractivity contribution is 7.99. The summed E-state index contributed by atoms with van der Waals surface area (Å²) in [5.74, 6) is 0.390. The fraction of sp³-hybridized carbons (Fsp3) is 0.455. The number of hydrogen-bond donors (Lipinski definition) is 2. The fourth-order valence-electron chi connectivity index (χ4n) is 1.23. The minimum absolute atomic E-state index is 0.172. The summed E-state index contributed by atoms with van der Waals surface area (Å²) < 4.78 is 37.6. The maximum Gasteiger partial charge on any atom is 0.433 e. The van der Waals surface area contributed by atoms with Crippen molar-refractivity contribution in [1.82, 2.24) is 4.98 Å². The Kier molecular flexibility index (Phi) is 5.01. The molecule has 0 saturated carbocycles. The summed E-state index contributed by atoms with van der Waals surface area (Å²) in [6.45, 7) is 1.99. The van der Waals surface area contributed by atoms with E-state index in [9.17, 15) is 13.2 Å². The van der Waals surface area contributed by atoms with Crippen LogP contribution in [0.1, 0.15) is 31.0 Å². The van der Waals surface area contributed by atoms with Gasteiger partial charge in [-0.3, -0.25) is 5.41 Å². The van der Waals surface area contributed by atoms with E-state index in [4.69, 9.17) is 11.1 Å². The lowest BCUT2D eigenvalue weighted by atomic mass is 10.2. The molecule has 0 spiro atoms. The van der Waals surface area contributed by atoms with Crippen molar-refractivity contribution in [3.05, 3.63) is 23.4 Å². The van der Waals surface area contributed by atoms with E-state index in [0.29, 0.717) is 5.75 Å². The molecular weight excluding hydrogens is 263 g/mol. The number of amidine groups is 1. The van der Waals surface area contributed by atoms with Crippen molar-refractivity contribution in [3.63, 3.8) is 0 Å². The quantitative estimate of drug-likeness (QED) is 0.376. The Bertz CT molecular complexity index is 432. The van der Waals surface area contributed by atoms with Crippen LogP contribution in [0, 0.1) is 5.41 Å². The van der Waals surface area contributed by atoms with Crippen LogP contribution in [-0.4, -0.2) is 16.6 Å². The van der Waals surface area contributed by atoms with Gasteiger partial charge in [-0.1, -0.05) is 13.3 Å². The summed E-state index contributed by atoms with van der Waals surface area (Å²) in [4.78, 5) is 3.55. The number of nitrogens with one attached hydrogen (secondary N) is 1. The molecule has 0 atom stereocenters. The van der Waals surface area contributed by atoms with Crippen LogP contribution in [0.2, 0.25) is 0 Å². The number of nitrogen functional groups attached to an aromatic ring is 1. The number of aromatic nitrogens is 1. The molecule has 1 aromatic rings. The highest BCUT2D eigenvalue weighted by atomic mass is 32.2. The van der Waals surface area contributed by atoms with Gasteiger partial charge in [0.05, 0.1) is 0 Å². The van der Waals surface area contributed by atoms with Crippen molar-refractivity contribution in [3.8, 4) is 0 Å². The van der Waals surface area contributed by atoms with Crippen molar-refractivity contribution in [2.75, 3.05) is 5.75 Å². The number of pyridine rings is 1. The van der Waals surface area contributed by atoms with E-state index < -0.39 is 11.9 Å². The molecule has 1 aromatic heterocycles. The smallest absolute Gasteiger partial charge is 0.384 e. The Morgan fingerprint density at radius 3 is 2.61 bits per heavy atom. The molecule has 3 N–H and O–H groups in total. The number of alkyl halides is 3. The van der Waals surface area contributed by atoms with Crippen LogP contribution in [-0.2, 0) is 6.18 Å². The first-order chi connectivity index (χ1) is 8.36. The first-order valence-electron chi connectivity index (χ1n) is 5.41. The minimum Gasteiger partial charge on any atom is -0.384 e. The average molecular weight is 277 g/mol. The first kappa shape index (κ1) is 14.8. The second-order valence-electron chi connectivity index (χ2n) is 3.66. The van der Waals surface area contributed by atoms with Crippen LogP contribution >= 0.6 is 11.8 Å². The van der Waals surface area contributed by atoms with Crippen molar-refractivity contribution < 1.29 is 13.2 Å². The molecule has 0 bridgehead atoms. The zero-order valence-electron chi connectivity index (χ0n) is 9.84. The van der Waals surface area contributed by atoms with Gasteiger partial charge in [0.1, 0.15) is 16.6 Å². The van der Waals surface area contributed by atoms with Gasteiger partial charge in [0, 0.05) is 5.56 Å². The van der Waals surface area contributed by atoms with Crippen LogP contribution in [0.25, 0.3) is 0 Å². The first-order valence-corrected chi connectivity index (χ1v) is 6.40. The molecule has 3 nitrogen and oxygen atoms in total. The summed E-state index contributed by atoms with van der Waals surface area (Å²) in [5.41, 5.74) is 4.63. The van der Waals surface area contributed by atoms with Gasteiger partial charge in [0.2, 0.25) is 0 Å². The van der Waals surface area contributed by atoms with Crippen LogP contribution in [0.15, 0.2) is 17.2 Å². The summed E-state index contributed by atoms with van der Waals surface area (Å²) in [6.07, 6.45) is -2.66. The monoisotopic (exact) mass is 277 g/mol. The van der Waals surface area contributed by atoms with Crippen molar-refractivity contribution >= 4 is 17.6 Å². The molecule has 100 valence electrons. The number of halogens is 3. The topological polar surface area (TPSA) is 62.8 Å². The molecule has 0 aromatic carbocycles. The molecule has 0 aliphatic heterocycles. The van der Waals surface area contributed by atoms with Gasteiger partial charge in [0.25, 0.3) is 0 Å². The van der Waals surface area contributed by atoms with E-state index >= 15 is 0 Å². The minimum atomic E-state index is -4.48. The van der Waals surface area contributed by atoms with Crippen LogP contribution in [0.3, 0.4) is 0 Å². The highest BCUT2D eigenvalue weighted by Crippen LogP contribution is 2.31. The Morgan fingerprint density at radius 2 is 2.11 bits per heavy atom. The number of hydrogen-bond acceptors (Lipinski definition) is 3. The molecule has 7 heteroatoms. The Morgan fingerprint density at radius 1 is 1.44 bits per heavy atom.